The molecule has 1 aliphatic rings. The smallest absolute Gasteiger partial charge is 0.308 e. The summed E-state index contributed by atoms with van der Waals surface area (Å²) in [5, 5.41) is 0. The highest BCUT2D eigenvalue weighted by Crippen LogP contribution is 2.19. The maximum atomic E-state index is 13.4. The molecule has 2 aromatic carbocycles. The zero-order chi connectivity index (χ0) is 17.3. The molecule has 4 nitrogen and oxygen atoms in total. The van der Waals surface area contributed by atoms with Crippen LogP contribution in [0.3, 0.4) is 0 Å². The van der Waals surface area contributed by atoms with Gasteiger partial charge in [0.25, 0.3) is 0 Å². The Kier molecular flexibility index (Phi) is 6.42. The van der Waals surface area contributed by atoms with Crippen molar-refractivity contribution in [3.05, 3.63) is 84.1 Å². The zero-order valence-electron chi connectivity index (χ0n) is 13.8. The minimum atomic E-state index is -0.743. The highest BCUT2D eigenvalue weighted by atomic mass is 19.1. The molecule has 0 aromatic heterocycles. The first-order chi connectivity index (χ1) is 12.3. The largest absolute Gasteiger partial charge is 0.485 e. The van der Waals surface area contributed by atoms with Crippen LogP contribution in [0, 0.1) is 0 Å². The van der Waals surface area contributed by atoms with Crippen molar-refractivity contribution in [3.63, 3.8) is 0 Å². The topological polar surface area (TPSA) is 36.9 Å². The summed E-state index contributed by atoms with van der Waals surface area (Å²) < 4.78 is 35.3. The molecular weight excluding hydrogens is 323 g/mol. The molecule has 3 rings (SSSR count). The van der Waals surface area contributed by atoms with Gasteiger partial charge in [-0.15, -0.1) is 0 Å². The summed E-state index contributed by atoms with van der Waals surface area (Å²) in [5.74, 6) is 0. The van der Waals surface area contributed by atoms with Gasteiger partial charge in [-0.2, -0.15) is 4.39 Å². The number of halogens is 1. The second kappa shape index (κ2) is 9.20. The van der Waals surface area contributed by atoms with Crippen molar-refractivity contribution in [1.82, 2.24) is 0 Å². The molecule has 0 saturated heterocycles. The van der Waals surface area contributed by atoms with Gasteiger partial charge in [-0.1, -0.05) is 60.7 Å². The normalized spacial score (nSPS) is 19.6. The number of benzene rings is 2. The highest BCUT2D eigenvalue weighted by molar-refractivity contribution is 5.14. The first kappa shape index (κ1) is 17.5. The van der Waals surface area contributed by atoms with E-state index in [1.807, 2.05) is 60.7 Å². The minimum absolute atomic E-state index is 0.218. The van der Waals surface area contributed by atoms with E-state index in [9.17, 15) is 4.39 Å². The minimum Gasteiger partial charge on any atom is -0.485 e. The van der Waals surface area contributed by atoms with Crippen molar-refractivity contribution < 1.29 is 23.3 Å². The number of hydrogen-bond acceptors (Lipinski definition) is 4. The summed E-state index contributed by atoms with van der Waals surface area (Å²) in [4.78, 5) is 0. The first-order valence-electron chi connectivity index (χ1n) is 8.22. The second-order valence-corrected chi connectivity index (χ2v) is 5.75. The van der Waals surface area contributed by atoms with Crippen LogP contribution in [0.2, 0.25) is 0 Å². The third-order valence-electron chi connectivity index (χ3n) is 3.80. The Labute approximate surface area is 146 Å². The summed E-state index contributed by atoms with van der Waals surface area (Å²) in [6, 6.07) is 18.9. The third-order valence-corrected chi connectivity index (χ3v) is 3.80. The van der Waals surface area contributed by atoms with Crippen LogP contribution < -0.4 is 0 Å². The van der Waals surface area contributed by atoms with Gasteiger partial charge >= 0.3 is 6.01 Å². The SMILES string of the molecule is FC1=CO[C@@H](COCc2ccccc2)[C@H](COCc2ccccc2)O1. The van der Waals surface area contributed by atoms with E-state index in [0.29, 0.717) is 13.2 Å². The van der Waals surface area contributed by atoms with Gasteiger partial charge in [0.2, 0.25) is 0 Å². The van der Waals surface area contributed by atoms with Crippen molar-refractivity contribution in [2.24, 2.45) is 0 Å². The number of hydrogen-bond donors (Lipinski definition) is 0. The van der Waals surface area contributed by atoms with E-state index >= 15 is 0 Å². The van der Waals surface area contributed by atoms with Crippen LogP contribution in [0.5, 0.6) is 0 Å². The van der Waals surface area contributed by atoms with Crippen LogP contribution in [0.1, 0.15) is 11.1 Å². The van der Waals surface area contributed by atoms with Crippen molar-refractivity contribution >= 4 is 0 Å². The van der Waals surface area contributed by atoms with Crippen molar-refractivity contribution in [1.29, 1.82) is 0 Å². The Morgan fingerprint density at radius 3 is 1.84 bits per heavy atom. The van der Waals surface area contributed by atoms with E-state index < -0.39 is 18.2 Å². The predicted octanol–water partition coefficient (Wildman–Crippen LogP) is 3.97. The van der Waals surface area contributed by atoms with Gasteiger partial charge in [-0.25, -0.2) is 0 Å². The highest BCUT2D eigenvalue weighted by Gasteiger charge is 2.30. The van der Waals surface area contributed by atoms with E-state index in [2.05, 4.69) is 0 Å². The Morgan fingerprint density at radius 2 is 1.28 bits per heavy atom. The van der Waals surface area contributed by atoms with Crippen molar-refractivity contribution in [3.8, 4) is 0 Å². The van der Waals surface area contributed by atoms with Gasteiger partial charge in [0.15, 0.2) is 18.5 Å². The lowest BCUT2D eigenvalue weighted by Crippen LogP contribution is -2.40. The summed E-state index contributed by atoms with van der Waals surface area (Å²) >= 11 is 0. The average molecular weight is 344 g/mol. The number of rotatable bonds is 8. The molecule has 0 fully saturated rings. The fourth-order valence-corrected chi connectivity index (χ4v) is 2.50. The molecule has 0 aliphatic carbocycles. The van der Waals surface area contributed by atoms with E-state index in [0.717, 1.165) is 17.4 Å². The molecule has 0 unspecified atom stereocenters. The fraction of sp³-hybridized carbons (Fsp3) is 0.300. The molecule has 1 aliphatic heterocycles. The van der Waals surface area contributed by atoms with Crippen LogP contribution in [0.25, 0.3) is 0 Å². The van der Waals surface area contributed by atoms with Gasteiger partial charge in [-0.05, 0) is 11.1 Å². The summed E-state index contributed by atoms with van der Waals surface area (Å²) in [6.07, 6.45) is 0.00742. The molecule has 0 bridgehead atoms. The van der Waals surface area contributed by atoms with E-state index in [4.69, 9.17) is 18.9 Å². The molecule has 0 radical (unpaired) electrons. The van der Waals surface area contributed by atoms with Gasteiger partial charge in [-0.3, -0.25) is 0 Å². The molecule has 0 N–H and O–H groups in total. The maximum absolute atomic E-state index is 13.4. The maximum Gasteiger partial charge on any atom is 0.308 e. The summed E-state index contributed by atoms with van der Waals surface area (Å²) in [5.41, 5.74) is 2.12. The molecule has 0 amide bonds. The molecule has 5 heteroatoms. The van der Waals surface area contributed by atoms with Crippen LogP contribution in [0.4, 0.5) is 4.39 Å². The fourth-order valence-electron chi connectivity index (χ4n) is 2.50. The van der Waals surface area contributed by atoms with Gasteiger partial charge < -0.3 is 18.9 Å². The standard InChI is InChI=1S/C20H21FO4/c21-20-15-24-18(13-22-11-16-7-3-1-4-8-16)19(25-20)14-23-12-17-9-5-2-6-10-17/h1-10,15,18-19H,11-14H2/t18-,19-/m0/s1. The van der Waals surface area contributed by atoms with Gasteiger partial charge in [0.1, 0.15) is 0 Å². The molecular formula is C20H21FO4. The molecule has 2 atom stereocenters. The molecule has 132 valence electrons. The second-order valence-electron chi connectivity index (χ2n) is 5.75. The Bertz CT molecular complexity index is 660. The molecule has 2 aromatic rings. The van der Waals surface area contributed by atoms with Crippen molar-refractivity contribution in [2.45, 2.75) is 25.4 Å². The summed E-state index contributed by atoms with van der Waals surface area (Å²) in [6.45, 7) is 1.40. The van der Waals surface area contributed by atoms with E-state index in [1.165, 1.54) is 0 Å². The van der Waals surface area contributed by atoms with Crippen molar-refractivity contribution in [2.75, 3.05) is 13.2 Å². The van der Waals surface area contributed by atoms with Crippen LogP contribution in [-0.2, 0) is 32.2 Å². The van der Waals surface area contributed by atoms with E-state index in [1.54, 1.807) is 0 Å². The lowest BCUT2D eigenvalue weighted by molar-refractivity contribution is -0.128. The first-order valence-corrected chi connectivity index (χ1v) is 8.22. The summed E-state index contributed by atoms with van der Waals surface area (Å²) in [7, 11) is 0. The predicted molar refractivity (Wildman–Crippen MR) is 91.1 cm³/mol. The molecule has 0 spiro atoms. The third kappa shape index (κ3) is 5.59. The quantitative estimate of drug-likeness (QED) is 0.726. The van der Waals surface area contributed by atoms with E-state index in [-0.39, 0.29) is 13.2 Å². The number of ether oxygens (including phenoxy) is 4. The Hall–Kier alpha value is -2.37. The average Bonchev–Trinajstić information content (AvgIpc) is 2.65. The molecule has 1 heterocycles. The Balaban J connectivity index is 1.46. The Morgan fingerprint density at radius 1 is 0.760 bits per heavy atom. The van der Waals surface area contributed by atoms with Gasteiger partial charge in [0.05, 0.1) is 26.4 Å². The zero-order valence-corrected chi connectivity index (χ0v) is 13.8. The van der Waals surface area contributed by atoms with Crippen LogP contribution in [0.15, 0.2) is 72.9 Å². The molecule has 0 saturated carbocycles. The lowest BCUT2D eigenvalue weighted by Gasteiger charge is -2.29. The monoisotopic (exact) mass is 344 g/mol. The lowest BCUT2D eigenvalue weighted by atomic mass is 10.2. The molecule has 25 heavy (non-hydrogen) atoms. The van der Waals surface area contributed by atoms with Crippen LogP contribution >= 0.6 is 0 Å². The van der Waals surface area contributed by atoms with Gasteiger partial charge in [0, 0.05) is 0 Å². The van der Waals surface area contributed by atoms with Crippen LogP contribution in [-0.4, -0.2) is 25.4 Å².